The van der Waals surface area contributed by atoms with Crippen LogP contribution >= 0.6 is 11.6 Å². The fourth-order valence-corrected chi connectivity index (χ4v) is 7.74. The summed E-state index contributed by atoms with van der Waals surface area (Å²) in [4.78, 5) is 43.4. The molecule has 13 nitrogen and oxygen atoms in total. The molecule has 2 amide bonds. The van der Waals surface area contributed by atoms with Gasteiger partial charge >= 0.3 is 0 Å². The van der Waals surface area contributed by atoms with Gasteiger partial charge in [0, 0.05) is 19.6 Å². The average Bonchev–Trinajstić information content (AvgIpc) is 3.43. The van der Waals surface area contributed by atoms with Gasteiger partial charge in [0.1, 0.15) is 23.4 Å². The standard InChI is InChI=1S/C31H42ClN7O6S/c1-19-17-25(45-4)20(2)21(3)26(19)46(43,44)37-30(33)35-14-8-11-23(27(32)40)36-28(41)24-12-15-38-16-13-31(34,29(42)39(24)38)18-22-9-6-5-7-10-22/h5-7,9-10,17,23-24H,8,11-16,18,34H2,1-4H3,(H,36,41)(H3,33,35,37)/t23-,24-,31+/m0/s1. The lowest BCUT2D eigenvalue weighted by Gasteiger charge is -2.44. The monoisotopic (exact) mass is 675 g/mol. The van der Waals surface area contributed by atoms with E-state index in [0.29, 0.717) is 54.8 Å². The molecule has 3 atom stereocenters. The Morgan fingerprint density at radius 1 is 1.17 bits per heavy atom. The van der Waals surface area contributed by atoms with Crippen LogP contribution in [0.5, 0.6) is 5.75 Å². The lowest BCUT2D eigenvalue weighted by atomic mass is 9.86. The van der Waals surface area contributed by atoms with Crippen LogP contribution in [0, 0.1) is 20.8 Å². The third-order valence-electron chi connectivity index (χ3n) is 8.61. The zero-order valence-corrected chi connectivity index (χ0v) is 28.1. The third-order valence-corrected chi connectivity index (χ3v) is 10.5. The smallest absolute Gasteiger partial charge is 0.264 e. The van der Waals surface area contributed by atoms with Crippen LogP contribution in [0.15, 0.2) is 46.3 Å². The first kappa shape index (κ1) is 35.1. The summed E-state index contributed by atoms with van der Waals surface area (Å²) in [5, 5.41) is 5.17. The van der Waals surface area contributed by atoms with Gasteiger partial charge < -0.3 is 21.5 Å². The van der Waals surface area contributed by atoms with Gasteiger partial charge in [-0.05, 0) is 92.8 Å². The van der Waals surface area contributed by atoms with Crippen molar-refractivity contribution in [1.29, 1.82) is 0 Å². The first-order valence-electron chi connectivity index (χ1n) is 15.1. The van der Waals surface area contributed by atoms with Crippen LogP contribution in [-0.4, -0.2) is 85.8 Å². The molecule has 2 heterocycles. The van der Waals surface area contributed by atoms with Crippen molar-refractivity contribution < 1.29 is 27.5 Å². The number of ether oxygens (including phenoxy) is 1. The van der Waals surface area contributed by atoms with Crippen LogP contribution in [0.4, 0.5) is 0 Å². The predicted octanol–water partition coefficient (Wildman–Crippen LogP) is 1.41. The Balaban J connectivity index is 1.35. The molecule has 2 aliphatic heterocycles. The molecule has 46 heavy (non-hydrogen) atoms. The van der Waals surface area contributed by atoms with Crippen molar-refractivity contribution in [3.63, 3.8) is 0 Å². The number of nitrogens with one attached hydrogen (secondary N) is 2. The van der Waals surface area contributed by atoms with Crippen LogP contribution in [0.1, 0.15) is 47.9 Å². The predicted molar refractivity (Wildman–Crippen MR) is 175 cm³/mol. The van der Waals surface area contributed by atoms with Crippen molar-refractivity contribution in [3.8, 4) is 5.75 Å². The van der Waals surface area contributed by atoms with Gasteiger partial charge in [0.25, 0.3) is 15.9 Å². The second-order valence-electron chi connectivity index (χ2n) is 11.8. The summed E-state index contributed by atoms with van der Waals surface area (Å²) in [7, 11) is -2.52. The molecule has 0 unspecified atom stereocenters. The highest BCUT2D eigenvalue weighted by atomic mass is 35.5. The molecule has 0 spiro atoms. The van der Waals surface area contributed by atoms with Gasteiger partial charge in [-0.1, -0.05) is 30.3 Å². The summed E-state index contributed by atoms with van der Waals surface area (Å²) in [5.41, 5.74) is 14.0. The van der Waals surface area contributed by atoms with Crippen molar-refractivity contribution in [1.82, 2.24) is 20.1 Å². The van der Waals surface area contributed by atoms with Gasteiger partial charge in [0.2, 0.25) is 17.1 Å². The van der Waals surface area contributed by atoms with E-state index in [2.05, 4.69) is 15.0 Å². The lowest BCUT2D eigenvalue weighted by Crippen LogP contribution is -2.67. The summed E-state index contributed by atoms with van der Waals surface area (Å²) >= 11 is 5.83. The van der Waals surface area contributed by atoms with Crippen molar-refractivity contribution >= 4 is 44.6 Å². The Kier molecular flexibility index (Phi) is 11.0. The summed E-state index contributed by atoms with van der Waals surface area (Å²) in [6, 6.07) is 9.25. The van der Waals surface area contributed by atoms with Crippen LogP contribution in [0.2, 0.25) is 0 Å². The molecule has 0 aromatic heterocycles. The number of aliphatic imine (C=N–C) groups is 1. The number of amides is 2. The third kappa shape index (κ3) is 7.63. The van der Waals surface area contributed by atoms with Crippen LogP contribution < -0.4 is 26.2 Å². The van der Waals surface area contributed by atoms with Gasteiger partial charge in [0.05, 0.1) is 12.0 Å². The van der Waals surface area contributed by atoms with Crippen molar-refractivity contribution in [3.05, 3.63) is 58.7 Å². The van der Waals surface area contributed by atoms with E-state index in [1.165, 1.54) is 12.1 Å². The van der Waals surface area contributed by atoms with Crippen LogP contribution in [0.25, 0.3) is 0 Å². The molecular weight excluding hydrogens is 634 g/mol. The number of halogens is 1. The minimum Gasteiger partial charge on any atom is -0.496 e. The van der Waals surface area contributed by atoms with Gasteiger partial charge in [0.15, 0.2) is 0 Å². The SMILES string of the molecule is COc1cc(C)c(S(=O)(=O)NC(N)=NCCC[C@H](NC(=O)[C@@H]2CCN3CC[C@@](N)(Cc4ccccc4)C(=O)N23)C(=O)Cl)c(C)c1C. The van der Waals surface area contributed by atoms with Crippen LogP contribution in [0.3, 0.4) is 0 Å². The first-order valence-corrected chi connectivity index (χ1v) is 16.9. The average molecular weight is 676 g/mol. The summed E-state index contributed by atoms with van der Waals surface area (Å²) in [6.45, 7) is 6.20. The number of hydrogen-bond acceptors (Lipinski definition) is 9. The molecule has 15 heteroatoms. The molecule has 6 N–H and O–H groups in total. The number of fused-ring (bicyclic) bond motifs is 1. The highest BCUT2D eigenvalue weighted by Crippen LogP contribution is 2.32. The number of carbonyl (C=O) groups excluding carboxylic acids is 3. The van der Waals surface area contributed by atoms with Crippen molar-refractivity contribution in [2.75, 3.05) is 26.7 Å². The maximum Gasteiger partial charge on any atom is 0.264 e. The zero-order chi connectivity index (χ0) is 33.8. The van der Waals surface area contributed by atoms with Gasteiger partial charge in [-0.2, -0.15) is 0 Å². The highest BCUT2D eigenvalue weighted by Gasteiger charge is 2.51. The highest BCUT2D eigenvalue weighted by molar-refractivity contribution is 7.90. The second-order valence-corrected chi connectivity index (χ2v) is 13.8. The molecule has 0 saturated carbocycles. The Hall–Kier alpha value is -3.72. The molecule has 2 fully saturated rings. The maximum absolute atomic E-state index is 13.6. The Bertz CT molecular complexity index is 1620. The number of hydrazine groups is 1. The number of carbonyl (C=O) groups is 3. The van der Waals surface area contributed by atoms with E-state index in [1.54, 1.807) is 26.8 Å². The number of guanidine groups is 1. The quantitative estimate of drug-likeness (QED) is 0.112. The number of hydrogen-bond donors (Lipinski definition) is 4. The molecule has 2 saturated heterocycles. The molecule has 4 rings (SSSR count). The Morgan fingerprint density at radius 2 is 1.87 bits per heavy atom. The fourth-order valence-electron chi connectivity index (χ4n) is 6.09. The fraction of sp³-hybridized carbons (Fsp3) is 0.484. The first-order chi connectivity index (χ1) is 21.7. The van der Waals surface area contributed by atoms with E-state index < -0.39 is 38.8 Å². The van der Waals surface area contributed by atoms with Gasteiger partial charge in [-0.15, -0.1) is 0 Å². The molecule has 0 radical (unpaired) electrons. The molecule has 0 bridgehead atoms. The van der Waals surface area contributed by atoms with Crippen molar-refractivity contribution in [2.24, 2.45) is 16.5 Å². The number of aryl methyl sites for hydroxylation is 1. The summed E-state index contributed by atoms with van der Waals surface area (Å²) in [6.07, 6.45) is 1.55. The molecule has 0 aliphatic carbocycles. The minimum atomic E-state index is -4.04. The normalized spacial score (nSPS) is 21.1. The van der Waals surface area contributed by atoms with Gasteiger partial charge in [-0.3, -0.25) is 24.4 Å². The van der Waals surface area contributed by atoms with Gasteiger partial charge in [-0.25, -0.2) is 18.1 Å². The summed E-state index contributed by atoms with van der Waals surface area (Å²) < 4.78 is 33.8. The number of methoxy groups -OCH3 is 1. The number of benzene rings is 2. The maximum atomic E-state index is 13.6. The molecule has 2 aliphatic rings. The molecule has 250 valence electrons. The Labute approximate surface area is 274 Å². The number of nitrogens with two attached hydrogens (primary N) is 2. The van der Waals surface area contributed by atoms with E-state index in [0.717, 1.165) is 5.56 Å². The Morgan fingerprint density at radius 3 is 2.52 bits per heavy atom. The van der Waals surface area contributed by atoms with E-state index in [1.807, 2.05) is 35.3 Å². The molecular formula is C31H42ClN7O6S. The van der Waals surface area contributed by atoms with Crippen molar-refractivity contribution in [2.45, 2.75) is 75.4 Å². The topological polar surface area (TPSA) is 190 Å². The minimum absolute atomic E-state index is 0.0570. The van der Waals surface area contributed by atoms with E-state index in [4.69, 9.17) is 27.8 Å². The zero-order valence-electron chi connectivity index (χ0n) is 26.5. The molecule has 2 aromatic rings. The summed E-state index contributed by atoms with van der Waals surface area (Å²) in [5.74, 6) is -0.582. The second kappa shape index (κ2) is 14.4. The molecule has 2 aromatic carbocycles. The number of sulfonamides is 1. The number of nitrogens with zero attached hydrogens (tertiary/aromatic N) is 3. The largest absolute Gasteiger partial charge is 0.496 e. The van der Waals surface area contributed by atoms with Crippen LogP contribution in [-0.2, 0) is 30.8 Å². The van der Waals surface area contributed by atoms with E-state index in [-0.39, 0.29) is 36.1 Å². The van der Waals surface area contributed by atoms with E-state index in [9.17, 15) is 22.8 Å². The lowest BCUT2D eigenvalue weighted by molar-refractivity contribution is -0.165. The number of rotatable bonds is 12. The van der Waals surface area contributed by atoms with E-state index >= 15 is 0 Å².